The molecular weight excluding hydrogens is 252 g/mol. The van der Waals surface area contributed by atoms with Crippen molar-refractivity contribution < 1.29 is 9.21 Å². The number of hydrogen-bond acceptors (Lipinski definition) is 3. The smallest absolute Gasteiger partial charge is 0.289 e. The van der Waals surface area contributed by atoms with Crippen molar-refractivity contribution in [2.75, 3.05) is 26.2 Å². The van der Waals surface area contributed by atoms with Crippen molar-refractivity contribution in [2.45, 2.75) is 39.2 Å². The zero-order valence-corrected chi connectivity index (χ0v) is 12.5. The number of carbonyl (C=O) groups excluding carboxylic acids is 1. The molecule has 1 amide bonds. The minimum absolute atomic E-state index is 0.0291. The fourth-order valence-electron chi connectivity index (χ4n) is 3.56. The quantitative estimate of drug-likeness (QED) is 0.833. The highest BCUT2D eigenvalue weighted by Gasteiger charge is 2.36. The summed E-state index contributed by atoms with van der Waals surface area (Å²) < 4.78 is 5.20. The Morgan fingerprint density at radius 1 is 1.30 bits per heavy atom. The summed E-state index contributed by atoms with van der Waals surface area (Å²) in [5.41, 5.74) is 0.492. The molecule has 0 aromatic carbocycles. The first-order valence-corrected chi connectivity index (χ1v) is 7.62. The van der Waals surface area contributed by atoms with Gasteiger partial charge < -0.3 is 9.32 Å². The summed E-state index contributed by atoms with van der Waals surface area (Å²) in [6.45, 7) is 8.35. The SMILES string of the molecule is CC1(C)CCC(N2CCN(C(=O)c3ccco3)CC2)C1. The largest absolute Gasteiger partial charge is 0.459 e. The van der Waals surface area contributed by atoms with E-state index < -0.39 is 0 Å². The minimum atomic E-state index is 0.0291. The summed E-state index contributed by atoms with van der Waals surface area (Å²) in [5, 5.41) is 0. The zero-order valence-electron chi connectivity index (χ0n) is 12.5. The van der Waals surface area contributed by atoms with Crippen LogP contribution in [0.4, 0.5) is 0 Å². The minimum Gasteiger partial charge on any atom is -0.459 e. The molecule has 0 radical (unpaired) electrons. The van der Waals surface area contributed by atoms with Gasteiger partial charge in [-0.15, -0.1) is 0 Å². The molecule has 2 heterocycles. The fourth-order valence-corrected chi connectivity index (χ4v) is 3.56. The van der Waals surface area contributed by atoms with E-state index in [0.29, 0.717) is 17.2 Å². The Labute approximate surface area is 120 Å². The van der Waals surface area contributed by atoms with Crippen molar-refractivity contribution in [3.8, 4) is 0 Å². The van der Waals surface area contributed by atoms with Crippen molar-refractivity contribution in [1.29, 1.82) is 0 Å². The summed E-state index contributed by atoms with van der Waals surface area (Å²) in [6.07, 6.45) is 5.48. The Kier molecular flexibility index (Phi) is 3.59. The number of piperazine rings is 1. The number of nitrogens with zero attached hydrogens (tertiary/aromatic N) is 2. The Bertz CT molecular complexity index is 459. The second-order valence-electron chi connectivity index (χ2n) is 6.87. The van der Waals surface area contributed by atoms with Gasteiger partial charge in [0.05, 0.1) is 6.26 Å². The van der Waals surface area contributed by atoms with Gasteiger partial charge in [-0.2, -0.15) is 0 Å². The summed E-state index contributed by atoms with van der Waals surface area (Å²) >= 11 is 0. The van der Waals surface area contributed by atoms with E-state index >= 15 is 0 Å². The normalized spacial score (nSPS) is 26.9. The van der Waals surface area contributed by atoms with E-state index in [1.54, 1.807) is 18.4 Å². The van der Waals surface area contributed by atoms with Crippen LogP contribution in [0.25, 0.3) is 0 Å². The van der Waals surface area contributed by atoms with Crippen molar-refractivity contribution in [2.24, 2.45) is 5.41 Å². The molecule has 1 unspecified atom stereocenters. The molecule has 20 heavy (non-hydrogen) atoms. The maximum absolute atomic E-state index is 12.2. The highest BCUT2D eigenvalue weighted by molar-refractivity contribution is 5.91. The highest BCUT2D eigenvalue weighted by atomic mass is 16.3. The first kappa shape index (κ1) is 13.7. The van der Waals surface area contributed by atoms with Crippen LogP contribution < -0.4 is 0 Å². The van der Waals surface area contributed by atoms with Crippen molar-refractivity contribution in [3.05, 3.63) is 24.2 Å². The molecule has 3 rings (SSSR count). The lowest BCUT2D eigenvalue weighted by Gasteiger charge is -2.38. The van der Waals surface area contributed by atoms with Crippen molar-refractivity contribution >= 4 is 5.91 Å². The van der Waals surface area contributed by atoms with E-state index in [-0.39, 0.29) is 5.91 Å². The second-order valence-corrected chi connectivity index (χ2v) is 6.87. The van der Waals surface area contributed by atoms with Crippen LogP contribution in [0.1, 0.15) is 43.7 Å². The summed E-state index contributed by atoms with van der Waals surface area (Å²) in [7, 11) is 0. The predicted octanol–water partition coefficient (Wildman–Crippen LogP) is 2.62. The van der Waals surface area contributed by atoms with Gasteiger partial charge >= 0.3 is 0 Å². The van der Waals surface area contributed by atoms with Crippen molar-refractivity contribution in [3.63, 3.8) is 0 Å². The van der Waals surface area contributed by atoms with Crippen LogP contribution in [0.5, 0.6) is 0 Å². The van der Waals surface area contributed by atoms with Crippen LogP contribution in [0.15, 0.2) is 22.8 Å². The van der Waals surface area contributed by atoms with Gasteiger partial charge in [0.15, 0.2) is 5.76 Å². The first-order valence-electron chi connectivity index (χ1n) is 7.62. The zero-order chi connectivity index (χ0) is 14.2. The molecule has 0 bridgehead atoms. The van der Waals surface area contributed by atoms with Gasteiger partial charge in [-0.3, -0.25) is 9.69 Å². The van der Waals surface area contributed by atoms with Crippen LogP contribution in [0.2, 0.25) is 0 Å². The molecule has 4 nitrogen and oxygen atoms in total. The molecule has 2 aliphatic rings. The van der Waals surface area contributed by atoms with Crippen LogP contribution in [0.3, 0.4) is 0 Å². The van der Waals surface area contributed by atoms with E-state index in [1.807, 2.05) is 4.90 Å². The molecule has 1 saturated carbocycles. The Balaban J connectivity index is 1.54. The lowest BCUT2D eigenvalue weighted by atomic mass is 9.91. The maximum Gasteiger partial charge on any atom is 0.289 e. The maximum atomic E-state index is 12.2. The van der Waals surface area contributed by atoms with E-state index in [0.717, 1.165) is 26.2 Å². The van der Waals surface area contributed by atoms with E-state index in [2.05, 4.69) is 18.7 Å². The van der Waals surface area contributed by atoms with Gasteiger partial charge in [0.25, 0.3) is 5.91 Å². The monoisotopic (exact) mass is 276 g/mol. The fraction of sp³-hybridized carbons (Fsp3) is 0.688. The molecule has 1 aromatic rings. The van der Waals surface area contributed by atoms with Gasteiger partial charge in [-0.25, -0.2) is 0 Å². The number of carbonyl (C=O) groups is 1. The van der Waals surface area contributed by atoms with Crippen LogP contribution in [-0.2, 0) is 0 Å². The molecule has 1 saturated heterocycles. The second kappa shape index (κ2) is 5.24. The Morgan fingerprint density at radius 2 is 2.05 bits per heavy atom. The van der Waals surface area contributed by atoms with E-state index in [4.69, 9.17) is 4.42 Å². The highest BCUT2D eigenvalue weighted by Crippen LogP contribution is 2.39. The molecule has 0 spiro atoms. The third kappa shape index (κ3) is 2.75. The molecule has 0 N–H and O–H groups in total. The first-order chi connectivity index (χ1) is 9.55. The molecule has 1 atom stereocenters. The van der Waals surface area contributed by atoms with Gasteiger partial charge in [0, 0.05) is 32.2 Å². The molecule has 2 fully saturated rings. The van der Waals surface area contributed by atoms with Gasteiger partial charge in [0.1, 0.15) is 0 Å². The number of amides is 1. The van der Waals surface area contributed by atoms with Gasteiger partial charge in [-0.05, 0) is 36.8 Å². The number of rotatable bonds is 2. The third-order valence-corrected chi connectivity index (χ3v) is 4.79. The average Bonchev–Trinajstić information content (AvgIpc) is 3.07. The van der Waals surface area contributed by atoms with E-state index in [1.165, 1.54) is 19.3 Å². The third-order valence-electron chi connectivity index (χ3n) is 4.79. The van der Waals surface area contributed by atoms with Crippen LogP contribution >= 0.6 is 0 Å². The van der Waals surface area contributed by atoms with Crippen LogP contribution in [0, 0.1) is 5.41 Å². The molecule has 1 aromatic heterocycles. The Morgan fingerprint density at radius 3 is 2.60 bits per heavy atom. The average molecular weight is 276 g/mol. The summed E-state index contributed by atoms with van der Waals surface area (Å²) in [5.74, 6) is 0.488. The number of furan rings is 1. The molecule has 1 aliphatic heterocycles. The van der Waals surface area contributed by atoms with E-state index in [9.17, 15) is 4.79 Å². The van der Waals surface area contributed by atoms with Crippen LogP contribution in [-0.4, -0.2) is 47.9 Å². The molecular formula is C16H24N2O2. The summed E-state index contributed by atoms with van der Waals surface area (Å²) in [6, 6.07) is 4.23. The standard InChI is InChI=1S/C16H24N2O2/c1-16(2)6-5-13(12-16)17-7-9-18(10-8-17)15(19)14-4-3-11-20-14/h3-4,11,13H,5-10,12H2,1-2H3. The van der Waals surface area contributed by atoms with Crippen molar-refractivity contribution in [1.82, 2.24) is 9.80 Å². The van der Waals surface area contributed by atoms with Gasteiger partial charge in [0.2, 0.25) is 0 Å². The lowest BCUT2D eigenvalue weighted by molar-refractivity contribution is 0.0535. The number of hydrogen-bond donors (Lipinski definition) is 0. The molecule has 4 heteroatoms. The lowest BCUT2D eigenvalue weighted by Crippen LogP contribution is -2.51. The molecule has 110 valence electrons. The van der Waals surface area contributed by atoms with Gasteiger partial charge in [-0.1, -0.05) is 13.8 Å². The Hall–Kier alpha value is -1.29. The topological polar surface area (TPSA) is 36.7 Å². The predicted molar refractivity (Wildman–Crippen MR) is 77.6 cm³/mol. The summed E-state index contributed by atoms with van der Waals surface area (Å²) in [4.78, 5) is 16.7. The molecule has 1 aliphatic carbocycles.